The summed E-state index contributed by atoms with van der Waals surface area (Å²) in [4.78, 5) is 38.2. The first-order chi connectivity index (χ1) is 13.3. The second-order valence-corrected chi connectivity index (χ2v) is 6.55. The standard InChI is InChI=1S/C20H20FN3O4/c1-20(14-7-5-8-15(10-14)28-2)18(26)24(19(27)23-20)12-17(25)22-11-13-6-3-4-9-16(13)21/h3-10H,11-12H2,1-2H3,(H,22,25)(H,23,27)/t20-/m0/s1. The summed E-state index contributed by atoms with van der Waals surface area (Å²) in [6.07, 6.45) is 0. The predicted molar refractivity (Wildman–Crippen MR) is 98.8 cm³/mol. The average Bonchev–Trinajstić information content (AvgIpc) is 2.91. The van der Waals surface area contributed by atoms with Gasteiger partial charge in [-0.2, -0.15) is 0 Å². The molecule has 1 heterocycles. The Balaban J connectivity index is 1.69. The molecule has 0 radical (unpaired) electrons. The van der Waals surface area contributed by atoms with Crippen LogP contribution in [0.4, 0.5) is 9.18 Å². The molecule has 8 heteroatoms. The van der Waals surface area contributed by atoms with Crippen molar-refractivity contribution >= 4 is 17.8 Å². The van der Waals surface area contributed by atoms with Crippen molar-refractivity contribution < 1.29 is 23.5 Å². The summed E-state index contributed by atoms with van der Waals surface area (Å²) < 4.78 is 18.8. The Morgan fingerprint density at radius 2 is 1.96 bits per heavy atom. The van der Waals surface area contributed by atoms with Gasteiger partial charge in [0.2, 0.25) is 5.91 Å². The Morgan fingerprint density at radius 1 is 1.21 bits per heavy atom. The molecule has 0 unspecified atom stereocenters. The third-order valence-electron chi connectivity index (χ3n) is 4.66. The molecule has 4 amide bonds. The average molecular weight is 385 g/mol. The molecule has 1 saturated heterocycles. The molecule has 0 bridgehead atoms. The van der Waals surface area contributed by atoms with Gasteiger partial charge < -0.3 is 15.4 Å². The van der Waals surface area contributed by atoms with Crippen molar-refractivity contribution in [2.45, 2.75) is 19.0 Å². The van der Waals surface area contributed by atoms with Crippen molar-refractivity contribution in [1.29, 1.82) is 0 Å². The fourth-order valence-electron chi connectivity index (χ4n) is 3.01. The summed E-state index contributed by atoms with van der Waals surface area (Å²) in [5.74, 6) is -1.02. The Morgan fingerprint density at radius 3 is 2.68 bits per heavy atom. The molecule has 0 aliphatic carbocycles. The third kappa shape index (κ3) is 3.66. The Kier molecular flexibility index (Phi) is 5.30. The number of urea groups is 1. The van der Waals surface area contributed by atoms with Crippen molar-refractivity contribution in [3.05, 3.63) is 65.5 Å². The van der Waals surface area contributed by atoms with Crippen LogP contribution in [-0.2, 0) is 21.7 Å². The van der Waals surface area contributed by atoms with Crippen LogP contribution in [0.3, 0.4) is 0 Å². The number of nitrogens with zero attached hydrogens (tertiary/aromatic N) is 1. The molecule has 1 aliphatic rings. The fourth-order valence-corrected chi connectivity index (χ4v) is 3.01. The van der Waals surface area contributed by atoms with Crippen LogP contribution in [0.1, 0.15) is 18.1 Å². The number of halogens is 1. The Hall–Kier alpha value is -3.42. The quantitative estimate of drug-likeness (QED) is 0.744. The van der Waals surface area contributed by atoms with E-state index in [-0.39, 0.29) is 6.54 Å². The minimum Gasteiger partial charge on any atom is -0.497 e. The zero-order valence-electron chi connectivity index (χ0n) is 15.5. The van der Waals surface area contributed by atoms with Crippen molar-refractivity contribution in [1.82, 2.24) is 15.5 Å². The van der Waals surface area contributed by atoms with Gasteiger partial charge in [0.1, 0.15) is 23.7 Å². The first kappa shape index (κ1) is 19.3. The van der Waals surface area contributed by atoms with Crippen LogP contribution in [0.5, 0.6) is 5.75 Å². The van der Waals surface area contributed by atoms with E-state index in [1.54, 1.807) is 49.4 Å². The van der Waals surface area contributed by atoms with Crippen molar-refractivity contribution in [2.24, 2.45) is 0 Å². The summed E-state index contributed by atoms with van der Waals surface area (Å²) in [7, 11) is 1.50. The van der Waals surface area contributed by atoms with E-state index in [2.05, 4.69) is 10.6 Å². The molecule has 0 saturated carbocycles. The van der Waals surface area contributed by atoms with Gasteiger partial charge in [0.25, 0.3) is 5.91 Å². The molecule has 2 aromatic rings. The molecule has 146 valence electrons. The summed E-state index contributed by atoms with van der Waals surface area (Å²) >= 11 is 0. The lowest BCUT2D eigenvalue weighted by atomic mass is 9.92. The summed E-state index contributed by atoms with van der Waals surface area (Å²) in [5.41, 5.74) is -0.453. The van der Waals surface area contributed by atoms with E-state index >= 15 is 0 Å². The molecule has 0 spiro atoms. The number of hydrogen-bond acceptors (Lipinski definition) is 4. The highest BCUT2D eigenvalue weighted by atomic mass is 19.1. The maximum atomic E-state index is 13.6. The van der Waals surface area contributed by atoms with Crippen LogP contribution in [0.25, 0.3) is 0 Å². The summed E-state index contributed by atoms with van der Waals surface area (Å²) in [6.45, 7) is 1.07. The topological polar surface area (TPSA) is 87.7 Å². The van der Waals surface area contributed by atoms with E-state index < -0.39 is 35.7 Å². The lowest BCUT2D eigenvalue weighted by molar-refractivity contribution is -0.134. The number of methoxy groups -OCH3 is 1. The lowest BCUT2D eigenvalue weighted by Gasteiger charge is -2.22. The largest absolute Gasteiger partial charge is 0.497 e. The first-order valence-electron chi connectivity index (χ1n) is 8.64. The molecule has 2 aromatic carbocycles. The van der Waals surface area contributed by atoms with E-state index in [1.807, 2.05) is 0 Å². The van der Waals surface area contributed by atoms with Gasteiger partial charge in [-0.05, 0) is 30.7 Å². The van der Waals surface area contributed by atoms with Crippen LogP contribution in [0, 0.1) is 5.82 Å². The Bertz CT molecular complexity index is 933. The van der Waals surface area contributed by atoms with Gasteiger partial charge in [0, 0.05) is 12.1 Å². The van der Waals surface area contributed by atoms with Gasteiger partial charge in [-0.3, -0.25) is 14.5 Å². The second-order valence-electron chi connectivity index (χ2n) is 6.55. The zero-order chi connectivity index (χ0) is 20.3. The van der Waals surface area contributed by atoms with E-state index in [9.17, 15) is 18.8 Å². The molecular formula is C20H20FN3O4. The van der Waals surface area contributed by atoms with Crippen LogP contribution in [0.15, 0.2) is 48.5 Å². The molecule has 28 heavy (non-hydrogen) atoms. The van der Waals surface area contributed by atoms with Crippen LogP contribution >= 0.6 is 0 Å². The molecule has 1 fully saturated rings. The number of nitrogens with one attached hydrogen (secondary N) is 2. The SMILES string of the molecule is COc1cccc([C@]2(C)NC(=O)N(CC(=O)NCc3ccccc3F)C2=O)c1. The van der Waals surface area contributed by atoms with Gasteiger partial charge in [-0.1, -0.05) is 30.3 Å². The molecule has 0 aromatic heterocycles. The molecule has 7 nitrogen and oxygen atoms in total. The van der Waals surface area contributed by atoms with Gasteiger partial charge in [0.15, 0.2) is 0 Å². The lowest BCUT2D eigenvalue weighted by Crippen LogP contribution is -2.43. The minimum absolute atomic E-state index is 0.0394. The number of hydrogen-bond donors (Lipinski definition) is 2. The minimum atomic E-state index is -1.31. The summed E-state index contributed by atoms with van der Waals surface area (Å²) in [6, 6.07) is 12.2. The number of amides is 4. The van der Waals surface area contributed by atoms with Gasteiger partial charge >= 0.3 is 6.03 Å². The number of ether oxygens (including phenoxy) is 1. The van der Waals surface area contributed by atoms with Gasteiger partial charge in [0.05, 0.1) is 7.11 Å². The van der Waals surface area contributed by atoms with Gasteiger partial charge in [-0.15, -0.1) is 0 Å². The molecule has 1 aliphatic heterocycles. The number of imide groups is 1. The van der Waals surface area contributed by atoms with Crippen LogP contribution < -0.4 is 15.4 Å². The highest BCUT2D eigenvalue weighted by Gasteiger charge is 2.49. The molecule has 3 rings (SSSR count). The van der Waals surface area contributed by atoms with E-state index in [0.29, 0.717) is 16.9 Å². The monoisotopic (exact) mass is 385 g/mol. The van der Waals surface area contributed by atoms with E-state index in [1.165, 1.54) is 13.2 Å². The van der Waals surface area contributed by atoms with Crippen molar-refractivity contribution in [2.75, 3.05) is 13.7 Å². The second kappa shape index (κ2) is 7.67. The molecule has 2 N–H and O–H groups in total. The zero-order valence-corrected chi connectivity index (χ0v) is 15.5. The number of rotatable bonds is 6. The normalized spacial score (nSPS) is 18.8. The highest BCUT2D eigenvalue weighted by Crippen LogP contribution is 2.30. The van der Waals surface area contributed by atoms with E-state index in [0.717, 1.165) is 4.90 Å². The predicted octanol–water partition coefficient (Wildman–Crippen LogP) is 1.92. The number of benzene rings is 2. The third-order valence-corrected chi connectivity index (χ3v) is 4.66. The smallest absolute Gasteiger partial charge is 0.325 e. The van der Waals surface area contributed by atoms with E-state index in [4.69, 9.17) is 4.74 Å². The Labute approximate surface area is 161 Å². The molecule has 1 atom stereocenters. The fraction of sp³-hybridized carbons (Fsp3) is 0.250. The number of carbonyl (C=O) groups is 3. The first-order valence-corrected chi connectivity index (χ1v) is 8.64. The molecular weight excluding hydrogens is 365 g/mol. The number of carbonyl (C=O) groups excluding carboxylic acids is 3. The van der Waals surface area contributed by atoms with Crippen LogP contribution in [-0.4, -0.2) is 36.4 Å². The van der Waals surface area contributed by atoms with Crippen molar-refractivity contribution in [3.63, 3.8) is 0 Å². The van der Waals surface area contributed by atoms with Gasteiger partial charge in [-0.25, -0.2) is 9.18 Å². The van der Waals surface area contributed by atoms with Crippen LogP contribution in [0.2, 0.25) is 0 Å². The van der Waals surface area contributed by atoms with Crippen molar-refractivity contribution in [3.8, 4) is 5.75 Å². The maximum absolute atomic E-state index is 13.6. The maximum Gasteiger partial charge on any atom is 0.325 e. The highest BCUT2D eigenvalue weighted by molar-refractivity contribution is 6.09. The summed E-state index contributed by atoms with van der Waals surface area (Å²) in [5, 5.41) is 5.15.